The van der Waals surface area contributed by atoms with Crippen molar-refractivity contribution in [2.75, 3.05) is 0 Å². The van der Waals surface area contributed by atoms with Crippen LogP contribution in [-0.2, 0) is 12.1 Å². The highest BCUT2D eigenvalue weighted by molar-refractivity contribution is 5.74. The number of hydrogen-bond acceptors (Lipinski definition) is 4. The van der Waals surface area contributed by atoms with E-state index >= 15 is 0 Å². The standard InChI is InChI=1S/C23H19N3O2/c27-15-18-1-5-21(6-2-18)23(28,16-26-14-13-25-17-26)22-7-3-19(4-8-22)20-9-11-24-12-10-20/h1-15,17,28H,16H2. The van der Waals surface area contributed by atoms with Gasteiger partial charge in [-0.25, -0.2) is 4.98 Å². The Balaban J connectivity index is 1.75. The Hall–Kier alpha value is -3.57. The Bertz CT molecular complexity index is 1040. The average molecular weight is 369 g/mol. The van der Waals surface area contributed by atoms with Crippen LogP contribution < -0.4 is 0 Å². The van der Waals surface area contributed by atoms with Crippen LogP contribution in [0.3, 0.4) is 0 Å². The molecule has 0 spiro atoms. The second-order valence-corrected chi connectivity index (χ2v) is 6.65. The summed E-state index contributed by atoms with van der Waals surface area (Å²) in [4.78, 5) is 19.1. The molecule has 1 unspecified atom stereocenters. The maximum Gasteiger partial charge on any atom is 0.150 e. The summed E-state index contributed by atoms with van der Waals surface area (Å²) >= 11 is 0. The Kier molecular flexibility index (Phi) is 4.83. The number of pyridine rings is 1. The third kappa shape index (κ3) is 3.48. The molecular weight excluding hydrogens is 350 g/mol. The van der Waals surface area contributed by atoms with Gasteiger partial charge in [0.25, 0.3) is 0 Å². The molecule has 0 fully saturated rings. The van der Waals surface area contributed by atoms with Gasteiger partial charge in [0.2, 0.25) is 0 Å². The van der Waals surface area contributed by atoms with Crippen LogP contribution in [0.1, 0.15) is 21.5 Å². The van der Waals surface area contributed by atoms with Gasteiger partial charge in [-0.1, -0.05) is 48.5 Å². The quantitative estimate of drug-likeness (QED) is 0.526. The predicted octanol–water partition coefficient (Wildman–Crippen LogP) is 3.69. The van der Waals surface area contributed by atoms with E-state index < -0.39 is 5.60 Å². The molecule has 0 bridgehead atoms. The summed E-state index contributed by atoms with van der Waals surface area (Å²) in [6, 6.07) is 18.7. The van der Waals surface area contributed by atoms with Crippen LogP contribution in [0, 0.1) is 0 Å². The van der Waals surface area contributed by atoms with Crippen LogP contribution in [0.15, 0.2) is 91.8 Å². The lowest BCUT2D eigenvalue weighted by atomic mass is 9.85. The summed E-state index contributed by atoms with van der Waals surface area (Å²) in [5.41, 5.74) is 2.89. The molecule has 0 saturated heterocycles. The minimum Gasteiger partial charge on any atom is -0.378 e. The monoisotopic (exact) mass is 369 g/mol. The second kappa shape index (κ2) is 7.58. The molecule has 138 valence electrons. The first kappa shape index (κ1) is 17.8. The van der Waals surface area contributed by atoms with Gasteiger partial charge >= 0.3 is 0 Å². The molecular formula is C23H19N3O2. The number of aromatic nitrogens is 3. The van der Waals surface area contributed by atoms with Crippen LogP contribution in [0.2, 0.25) is 0 Å². The molecule has 28 heavy (non-hydrogen) atoms. The van der Waals surface area contributed by atoms with Crippen LogP contribution in [0.5, 0.6) is 0 Å². The highest BCUT2D eigenvalue weighted by Gasteiger charge is 2.32. The van der Waals surface area contributed by atoms with Crippen LogP contribution in [0.25, 0.3) is 11.1 Å². The van der Waals surface area contributed by atoms with E-state index in [0.29, 0.717) is 17.7 Å². The van der Waals surface area contributed by atoms with Gasteiger partial charge in [-0.2, -0.15) is 0 Å². The number of aliphatic hydroxyl groups is 1. The van der Waals surface area contributed by atoms with Crippen molar-refractivity contribution >= 4 is 6.29 Å². The smallest absolute Gasteiger partial charge is 0.150 e. The van der Waals surface area contributed by atoms with Crippen LogP contribution >= 0.6 is 0 Å². The number of carbonyl (C=O) groups is 1. The molecule has 4 rings (SSSR count). The molecule has 0 radical (unpaired) electrons. The number of benzene rings is 2. The Morgan fingerprint density at radius 2 is 1.43 bits per heavy atom. The lowest BCUT2D eigenvalue weighted by Crippen LogP contribution is -2.32. The highest BCUT2D eigenvalue weighted by Crippen LogP contribution is 2.33. The van der Waals surface area contributed by atoms with Crippen LogP contribution in [-0.4, -0.2) is 25.9 Å². The van der Waals surface area contributed by atoms with Crippen molar-refractivity contribution in [3.63, 3.8) is 0 Å². The first-order chi connectivity index (χ1) is 13.7. The van der Waals surface area contributed by atoms with Crippen molar-refractivity contribution in [3.8, 4) is 11.1 Å². The zero-order valence-electron chi connectivity index (χ0n) is 15.1. The van der Waals surface area contributed by atoms with Crippen molar-refractivity contribution in [2.45, 2.75) is 12.1 Å². The fourth-order valence-electron chi connectivity index (χ4n) is 3.31. The molecule has 4 aromatic rings. The minimum atomic E-state index is -1.26. The third-order valence-electron chi connectivity index (χ3n) is 4.87. The van der Waals surface area contributed by atoms with Crippen molar-refractivity contribution in [2.24, 2.45) is 0 Å². The van der Waals surface area contributed by atoms with E-state index in [1.165, 1.54) is 0 Å². The number of aldehydes is 1. The molecule has 0 aliphatic rings. The molecule has 0 aliphatic heterocycles. The van der Waals surface area contributed by atoms with Crippen LogP contribution in [0.4, 0.5) is 0 Å². The molecule has 0 saturated carbocycles. The van der Waals surface area contributed by atoms with Crippen molar-refractivity contribution < 1.29 is 9.90 Å². The second-order valence-electron chi connectivity index (χ2n) is 6.65. The highest BCUT2D eigenvalue weighted by atomic mass is 16.3. The Morgan fingerprint density at radius 1 is 0.821 bits per heavy atom. The average Bonchev–Trinajstić information content (AvgIpc) is 3.27. The van der Waals surface area contributed by atoms with E-state index in [2.05, 4.69) is 9.97 Å². The number of imidazole rings is 1. The third-order valence-corrected chi connectivity index (χ3v) is 4.87. The van der Waals surface area contributed by atoms with E-state index in [1.807, 2.05) is 47.2 Å². The minimum absolute atomic E-state index is 0.308. The molecule has 5 nitrogen and oxygen atoms in total. The van der Waals surface area contributed by atoms with Gasteiger partial charge in [-0.15, -0.1) is 0 Å². The lowest BCUT2D eigenvalue weighted by Gasteiger charge is -2.30. The predicted molar refractivity (Wildman–Crippen MR) is 107 cm³/mol. The molecule has 1 N–H and O–H groups in total. The fraction of sp³-hybridized carbons (Fsp3) is 0.0870. The largest absolute Gasteiger partial charge is 0.378 e. The summed E-state index contributed by atoms with van der Waals surface area (Å²) < 4.78 is 1.84. The van der Waals surface area contributed by atoms with E-state index in [1.54, 1.807) is 49.2 Å². The fourth-order valence-corrected chi connectivity index (χ4v) is 3.31. The summed E-state index contributed by atoms with van der Waals surface area (Å²) in [5, 5.41) is 11.7. The number of carbonyl (C=O) groups excluding carboxylic acids is 1. The number of hydrogen-bond donors (Lipinski definition) is 1. The molecule has 0 amide bonds. The van der Waals surface area contributed by atoms with Crippen molar-refractivity contribution in [1.29, 1.82) is 0 Å². The van der Waals surface area contributed by atoms with Gasteiger partial charge in [0.05, 0.1) is 12.9 Å². The van der Waals surface area contributed by atoms with E-state index in [0.717, 1.165) is 23.0 Å². The first-order valence-corrected chi connectivity index (χ1v) is 8.94. The van der Waals surface area contributed by atoms with Gasteiger partial charge in [-0.05, 0) is 34.4 Å². The molecule has 2 aromatic carbocycles. The van der Waals surface area contributed by atoms with Crippen molar-refractivity contribution in [3.05, 3.63) is 108 Å². The number of nitrogens with zero attached hydrogens (tertiary/aromatic N) is 3. The van der Waals surface area contributed by atoms with Gasteiger partial charge < -0.3 is 9.67 Å². The van der Waals surface area contributed by atoms with Gasteiger partial charge in [-0.3, -0.25) is 9.78 Å². The number of rotatable bonds is 6. The molecule has 2 aromatic heterocycles. The van der Waals surface area contributed by atoms with Gasteiger partial charge in [0.1, 0.15) is 11.9 Å². The molecule has 0 aliphatic carbocycles. The summed E-state index contributed by atoms with van der Waals surface area (Å²) in [6.07, 6.45) is 9.48. The van der Waals surface area contributed by atoms with Gasteiger partial charge in [0.15, 0.2) is 0 Å². The summed E-state index contributed by atoms with van der Waals surface area (Å²) in [7, 11) is 0. The molecule has 1 atom stereocenters. The summed E-state index contributed by atoms with van der Waals surface area (Å²) in [6.45, 7) is 0.308. The first-order valence-electron chi connectivity index (χ1n) is 8.94. The van der Waals surface area contributed by atoms with Crippen molar-refractivity contribution in [1.82, 2.24) is 14.5 Å². The SMILES string of the molecule is O=Cc1ccc(C(O)(Cn2ccnc2)c2ccc(-c3ccncc3)cc2)cc1. The lowest BCUT2D eigenvalue weighted by molar-refractivity contribution is 0.0611. The van der Waals surface area contributed by atoms with E-state index in [9.17, 15) is 9.90 Å². The maximum atomic E-state index is 11.7. The maximum absolute atomic E-state index is 11.7. The van der Waals surface area contributed by atoms with E-state index in [-0.39, 0.29) is 0 Å². The summed E-state index contributed by atoms with van der Waals surface area (Å²) in [5.74, 6) is 0. The zero-order valence-corrected chi connectivity index (χ0v) is 15.1. The topological polar surface area (TPSA) is 68.0 Å². The molecule has 2 heterocycles. The Morgan fingerprint density at radius 3 is 2.00 bits per heavy atom. The zero-order chi connectivity index (χ0) is 19.4. The van der Waals surface area contributed by atoms with E-state index in [4.69, 9.17) is 0 Å². The normalized spacial score (nSPS) is 13.0. The molecule has 5 heteroatoms. The Labute approximate surface area is 163 Å². The van der Waals surface area contributed by atoms with Gasteiger partial charge in [0, 0.05) is 30.4 Å².